The maximum atomic E-state index is 13.7. The van der Waals surface area contributed by atoms with Crippen LogP contribution in [0.5, 0.6) is 0 Å². The highest BCUT2D eigenvalue weighted by Crippen LogP contribution is 2.19. The van der Waals surface area contributed by atoms with E-state index >= 15 is 0 Å². The van der Waals surface area contributed by atoms with Crippen molar-refractivity contribution in [2.24, 2.45) is 0 Å². The van der Waals surface area contributed by atoms with E-state index in [9.17, 15) is 23.2 Å². The molecule has 3 rings (SSSR count). The largest absolute Gasteiger partial charge is 0.322 e. The summed E-state index contributed by atoms with van der Waals surface area (Å²) in [6.07, 6.45) is 2.41. The van der Waals surface area contributed by atoms with Crippen molar-refractivity contribution in [3.63, 3.8) is 0 Å². The second kappa shape index (κ2) is 8.39. The lowest BCUT2D eigenvalue weighted by Gasteiger charge is -2.09. The molecule has 0 spiro atoms. The van der Waals surface area contributed by atoms with Gasteiger partial charge in [0.1, 0.15) is 17.3 Å². The van der Waals surface area contributed by atoms with E-state index in [4.69, 9.17) is 0 Å². The number of hydrogen-bond donors (Lipinski definition) is 2. The number of nitrogens with zero attached hydrogens (tertiary/aromatic N) is 1. The zero-order chi connectivity index (χ0) is 21.0. The number of benzene rings is 2. The van der Waals surface area contributed by atoms with Crippen molar-refractivity contribution in [1.82, 2.24) is 4.98 Å². The van der Waals surface area contributed by atoms with E-state index in [0.29, 0.717) is 11.3 Å². The van der Waals surface area contributed by atoms with Gasteiger partial charge in [0, 0.05) is 23.6 Å². The van der Waals surface area contributed by atoms with Gasteiger partial charge in [-0.25, -0.2) is 8.78 Å². The lowest BCUT2D eigenvalue weighted by Crippen LogP contribution is -2.17. The fraction of sp³-hybridized carbons (Fsp3) is 0.0476. The second-order valence-electron chi connectivity index (χ2n) is 6.10. The summed E-state index contributed by atoms with van der Waals surface area (Å²) in [5.41, 5.74) is 0.234. The number of nitrogens with one attached hydrogen (secondary N) is 2. The SMILES string of the molecule is CC(=O)c1cccc(NC(=O)c2cncc(C(=O)Nc3c(F)cccc3F)c2)c1. The molecule has 2 N–H and O–H groups in total. The summed E-state index contributed by atoms with van der Waals surface area (Å²) in [7, 11) is 0. The highest BCUT2D eigenvalue weighted by molar-refractivity contribution is 6.08. The lowest BCUT2D eigenvalue weighted by molar-refractivity contribution is 0.100. The molecule has 3 aromatic rings. The molecule has 0 aliphatic carbocycles. The number of hydrogen-bond acceptors (Lipinski definition) is 4. The minimum Gasteiger partial charge on any atom is -0.322 e. The van der Waals surface area contributed by atoms with Crippen molar-refractivity contribution >= 4 is 29.0 Å². The summed E-state index contributed by atoms with van der Waals surface area (Å²) in [5.74, 6) is -3.39. The third-order valence-corrected chi connectivity index (χ3v) is 3.99. The summed E-state index contributed by atoms with van der Waals surface area (Å²) < 4.78 is 27.4. The summed E-state index contributed by atoms with van der Waals surface area (Å²) >= 11 is 0. The fourth-order valence-electron chi connectivity index (χ4n) is 2.51. The highest BCUT2D eigenvalue weighted by atomic mass is 19.1. The van der Waals surface area contributed by atoms with Crippen molar-refractivity contribution < 1.29 is 23.2 Å². The van der Waals surface area contributed by atoms with Crippen molar-refractivity contribution in [2.45, 2.75) is 6.92 Å². The Balaban J connectivity index is 1.78. The van der Waals surface area contributed by atoms with Gasteiger partial charge < -0.3 is 10.6 Å². The van der Waals surface area contributed by atoms with Gasteiger partial charge in [0.25, 0.3) is 11.8 Å². The first kappa shape index (κ1) is 19.8. The lowest BCUT2D eigenvalue weighted by atomic mass is 10.1. The Labute approximate surface area is 164 Å². The average molecular weight is 395 g/mol. The van der Waals surface area contributed by atoms with Gasteiger partial charge in [-0.2, -0.15) is 0 Å². The Morgan fingerprint density at radius 2 is 1.38 bits per heavy atom. The molecule has 1 aromatic heterocycles. The predicted octanol–water partition coefficient (Wildman–Crippen LogP) is 4.07. The number of para-hydroxylation sites is 1. The highest BCUT2D eigenvalue weighted by Gasteiger charge is 2.16. The predicted molar refractivity (Wildman–Crippen MR) is 103 cm³/mol. The van der Waals surface area contributed by atoms with Crippen LogP contribution in [0.15, 0.2) is 60.9 Å². The molecule has 0 atom stereocenters. The summed E-state index contributed by atoms with van der Waals surface area (Å²) in [6.45, 7) is 1.41. The maximum Gasteiger partial charge on any atom is 0.257 e. The molecule has 0 radical (unpaired) electrons. The molecule has 8 heteroatoms. The van der Waals surface area contributed by atoms with Crippen LogP contribution in [0, 0.1) is 11.6 Å². The van der Waals surface area contributed by atoms with Crippen LogP contribution in [-0.4, -0.2) is 22.6 Å². The standard InChI is InChI=1S/C21H15F2N3O3/c1-12(27)13-4-2-5-16(9-13)25-20(28)14-8-15(11-24-10-14)21(29)26-19-17(22)6-3-7-18(19)23/h2-11H,1H3,(H,25,28)(H,26,29). The zero-order valence-corrected chi connectivity index (χ0v) is 15.2. The van der Waals surface area contributed by atoms with Crippen LogP contribution in [0.2, 0.25) is 0 Å². The molecule has 0 bridgehead atoms. The number of anilines is 2. The first-order valence-electron chi connectivity index (χ1n) is 8.48. The molecule has 29 heavy (non-hydrogen) atoms. The van der Waals surface area contributed by atoms with E-state index in [0.717, 1.165) is 12.1 Å². The summed E-state index contributed by atoms with van der Waals surface area (Å²) in [6, 6.07) is 10.8. The Morgan fingerprint density at radius 1 is 0.793 bits per heavy atom. The van der Waals surface area contributed by atoms with Crippen molar-refractivity contribution in [2.75, 3.05) is 10.6 Å². The molecule has 0 saturated carbocycles. The number of carbonyl (C=O) groups excluding carboxylic acids is 3. The van der Waals surface area contributed by atoms with Crippen molar-refractivity contribution in [3.8, 4) is 0 Å². The number of Topliss-reactive ketones (excluding diaryl/α,β-unsaturated/α-hetero) is 1. The van der Waals surface area contributed by atoms with Gasteiger partial charge in [0.05, 0.1) is 11.1 Å². The maximum absolute atomic E-state index is 13.7. The van der Waals surface area contributed by atoms with Crippen LogP contribution in [0.4, 0.5) is 20.2 Å². The molecule has 0 fully saturated rings. The molecule has 0 aliphatic rings. The molecule has 0 aliphatic heterocycles. The Morgan fingerprint density at radius 3 is 2.00 bits per heavy atom. The van der Waals surface area contributed by atoms with Gasteiger partial charge in [0.2, 0.25) is 0 Å². The molecule has 1 heterocycles. The van der Waals surface area contributed by atoms with Crippen LogP contribution in [0.1, 0.15) is 38.0 Å². The summed E-state index contributed by atoms with van der Waals surface area (Å²) in [5, 5.41) is 4.74. The number of ketones is 1. The van der Waals surface area contributed by atoms with Gasteiger partial charge >= 0.3 is 0 Å². The van der Waals surface area contributed by atoms with Gasteiger partial charge in [-0.3, -0.25) is 19.4 Å². The van der Waals surface area contributed by atoms with Gasteiger partial charge in [-0.1, -0.05) is 18.2 Å². The van der Waals surface area contributed by atoms with E-state index in [1.54, 1.807) is 18.2 Å². The minimum absolute atomic E-state index is 0.0554. The quantitative estimate of drug-likeness (QED) is 0.638. The van der Waals surface area contributed by atoms with Crippen LogP contribution >= 0.6 is 0 Å². The molecular formula is C21H15F2N3O3. The average Bonchev–Trinajstić information content (AvgIpc) is 2.71. The monoisotopic (exact) mass is 395 g/mol. The third kappa shape index (κ3) is 4.67. The minimum atomic E-state index is -0.925. The van der Waals surface area contributed by atoms with Gasteiger partial charge in [-0.05, 0) is 37.3 Å². The molecule has 0 unspecified atom stereocenters. The zero-order valence-electron chi connectivity index (χ0n) is 15.2. The van der Waals surface area contributed by atoms with E-state index in [-0.39, 0.29) is 16.9 Å². The smallest absolute Gasteiger partial charge is 0.257 e. The van der Waals surface area contributed by atoms with E-state index in [1.807, 2.05) is 0 Å². The van der Waals surface area contributed by atoms with Crippen molar-refractivity contribution in [3.05, 3.63) is 89.2 Å². The molecule has 2 aromatic carbocycles. The Bertz CT molecular complexity index is 1100. The van der Waals surface area contributed by atoms with E-state index in [1.165, 1.54) is 37.5 Å². The molecule has 2 amide bonds. The topological polar surface area (TPSA) is 88.2 Å². The van der Waals surface area contributed by atoms with Crippen molar-refractivity contribution in [1.29, 1.82) is 0 Å². The number of halogens is 2. The Hall–Kier alpha value is -3.94. The number of rotatable bonds is 5. The normalized spacial score (nSPS) is 10.3. The summed E-state index contributed by atoms with van der Waals surface area (Å²) in [4.78, 5) is 40.1. The number of aromatic nitrogens is 1. The van der Waals surface area contributed by atoms with Crippen LogP contribution in [-0.2, 0) is 0 Å². The first-order chi connectivity index (χ1) is 13.8. The second-order valence-corrected chi connectivity index (χ2v) is 6.10. The van der Waals surface area contributed by atoms with Gasteiger partial charge in [-0.15, -0.1) is 0 Å². The Kier molecular flexibility index (Phi) is 5.73. The number of carbonyl (C=O) groups is 3. The van der Waals surface area contributed by atoms with E-state index in [2.05, 4.69) is 15.6 Å². The van der Waals surface area contributed by atoms with Crippen LogP contribution < -0.4 is 10.6 Å². The van der Waals surface area contributed by atoms with Crippen LogP contribution in [0.3, 0.4) is 0 Å². The number of pyridine rings is 1. The van der Waals surface area contributed by atoms with Crippen LogP contribution in [0.25, 0.3) is 0 Å². The molecule has 146 valence electrons. The third-order valence-electron chi connectivity index (χ3n) is 3.99. The molecule has 6 nitrogen and oxygen atoms in total. The first-order valence-corrected chi connectivity index (χ1v) is 8.48. The van der Waals surface area contributed by atoms with Gasteiger partial charge in [0.15, 0.2) is 5.78 Å². The fourth-order valence-corrected chi connectivity index (χ4v) is 2.51. The van der Waals surface area contributed by atoms with E-state index < -0.39 is 29.1 Å². The number of amides is 2. The molecule has 0 saturated heterocycles. The molecular weight excluding hydrogens is 380 g/mol.